The van der Waals surface area contributed by atoms with Gasteiger partial charge in [0.25, 0.3) is 5.91 Å². The maximum atomic E-state index is 13.1. The largest absolute Gasteiger partial charge is 0.338 e. The third-order valence-electron chi connectivity index (χ3n) is 5.06. The number of benzene rings is 2. The number of anilines is 1. The number of hydrogen-bond acceptors (Lipinski definition) is 4. The van der Waals surface area contributed by atoms with Gasteiger partial charge in [-0.3, -0.25) is 9.52 Å². The van der Waals surface area contributed by atoms with Gasteiger partial charge in [0, 0.05) is 19.0 Å². The van der Waals surface area contributed by atoms with Crippen molar-refractivity contribution in [1.82, 2.24) is 4.90 Å². The molecule has 0 saturated carbocycles. The van der Waals surface area contributed by atoms with Crippen LogP contribution < -0.4 is 10.5 Å². The molecule has 1 fully saturated rings. The third kappa shape index (κ3) is 4.31. The number of nitrogens with one attached hydrogen (secondary N) is 1. The first-order chi connectivity index (χ1) is 12.9. The lowest BCUT2D eigenvalue weighted by atomic mass is 9.89. The molecule has 144 valence electrons. The smallest absolute Gasteiger partial charge is 0.256 e. The SMILES string of the molecule is CCS(=O)(=O)Nc1ccccc1C(=O)N1C[C@@H](CN)[C@H](c2ccccc2)C1. The van der Waals surface area contributed by atoms with Crippen molar-refractivity contribution in [2.75, 3.05) is 30.1 Å². The number of carbonyl (C=O) groups excluding carboxylic acids is 1. The zero-order valence-electron chi connectivity index (χ0n) is 15.3. The lowest BCUT2D eigenvalue weighted by Crippen LogP contribution is -2.31. The van der Waals surface area contributed by atoms with Crippen molar-refractivity contribution in [3.8, 4) is 0 Å². The van der Waals surface area contributed by atoms with Crippen LogP contribution in [-0.2, 0) is 10.0 Å². The van der Waals surface area contributed by atoms with E-state index in [1.807, 2.05) is 18.2 Å². The number of para-hydroxylation sites is 1. The molecule has 6 nitrogen and oxygen atoms in total. The molecule has 2 aromatic rings. The van der Waals surface area contributed by atoms with Crippen molar-refractivity contribution in [3.63, 3.8) is 0 Å². The van der Waals surface area contributed by atoms with Gasteiger partial charge >= 0.3 is 0 Å². The van der Waals surface area contributed by atoms with E-state index >= 15 is 0 Å². The maximum Gasteiger partial charge on any atom is 0.256 e. The Morgan fingerprint density at radius 2 is 1.78 bits per heavy atom. The van der Waals surface area contributed by atoms with Crippen LogP contribution in [0.3, 0.4) is 0 Å². The fourth-order valence-corrected chi connectivity index (χ4v) is 4.18. The molecule has 0 bridgehead atoms. The second kappa shape index (κ2) is 8.10. The summed E-state index contributed by atoms with van der Waals surface area (Å²) in [6.45, 7) is 3.18. The summed E-state index contributed by atoms with van der Waals surface area (Å²) in [5, 5.41) is 0. The minimum Gasteiger partial charge on any atom is -0.338 e. The van der Waals surface area contributed by atoms with E-state index in [0.29, 0.717) is 30.9 Å². The monoisotopic (exact) mass is 387 g/mol. The Kier molecular flexibility index (Phi) is 5.82. The summed E-state index contributed by atoms with van der Waals surface area (Å²) >= 11 is 0. The number of sulfonamides is 1. The Hall–Kier alpha value is -2.38. The number of likely N-dealkylation sites (tertiary alicyclic amines) is 1. The molecule has 0 spiro atoms. The van der Waals surface area contributed by atoms with Crippen molar-refractivity contribution < 1.29 is 13.2 Å². The Labute approximate surface area is 160 Å². The minimum atomic E-state index is -3.46. The summed E-state index contributed by atoms with van der Waals surface area (Å²) in [5.41, 5.74) is 7.81. The molecule has 0 unspecified atom stereocenters. The third-order valence-corrected chi connectivity index (χ3v) is 6.35. The zero-order valence-corrected chi connectivity index (χ0v) is 16.2. The van der Waals surface area contributed by atoms with Crippen LogP contribution in [0.1, 0.15) is 28.8 Å². The van der Waals surface area contributed by atoms with E-state index in [1.54, 1.807) is 36.1 Å². The molecule has 1 aliphatic rings. The van der Waals surface area contributed by atoms with Gasteiger partial charge in [-0.1, -0.05) is 42.5 Å². The number of rotatable bonds is 6. The van der Waals surface area contributed by atoms with Crippen LogP contribution in [0.5, 0.6) is 0 Å². The van der Waals surface area contributed by atoms with Crippen molar-refractivity contribution >= 4 is 21.6 Å². The number of nitrogens with two attached hydrogens (primary N) is 1. The molecular formula is C20H25N3O3S. The fraction of sp³-hybridized carbons (Fsp3) is 0.350. The highest BCUT2D eigenvalue weighted by Crippen LogP contribution is 2.33. The molecule has 3 N–H and O–H groups in total. The lowest BCUT2D eigenvalue weighted by molar-refractivity contribution is 0.0787. The second-order valence-corrected chi connectivity index (χ2v) is 8.79. The number of nitrogens with zero attached hydrogens (tertiary/aromatic N) is 1. The van der Waals surface area contributed by atoms with Crippen LogP contribution in [0.4, 0.5) is 5.69 Å². The molecule has 3 rings (SSSR count). The molecule has 0 aromatic heterocycles. The van der Waals surface area contributed by atoms with Gasteiger partial charge in [-0.25, -0.2) is 8.42 Å². The molecule has 7 heteroatoms. The molecule has 2 atom stereocenters. The van der Waals surface area contributed by atoms with E-state index in [4.69, 9.17) is 5.73 Å². The number of amides is 1. The van der Waals surface area contributed by atoms with Crippen LogP contribution in [0.15, 0.2) is 54.6 Å². The molecular weight excluding hydrogens is 362 g/mol. The summed E-state index contributed by atoms with van der Waals surface area (Å²) in [6, 6.07) is 16.8. The molecule has 0 aliphatic carbocycles. The first kappa shape index (κ1) is 19.4. The van der Waals surface area contributed by atoms with E-state index in [9.17, 15) is 13.2 Å². The topological polar surface area (TPSA) is 92.5 Å². The van der Waals surface area contributed by atoms with Gasteiger partial charge in [0.05, 0.1) is 17.0 Å². The van der Waals surface area contributed by atoms with E-state index in [2.05, 4.69) is 16.9 Å². The standard InChI is InChI=1S/C20H25N3O3S/c1-2-27(25,26)22-19-11-7-6-10-17(19)20(24)23-13-16(12-21)18(14-23)15-8-4-3-5-9-15/h3-11,16,18,22H,2,12-14,21H2,1H3/t16-,18+/m1/s1. The van der Waals surface area contributed by atoms with E-state index in [-0.39, 0.29) is 23.5 Å². The maximum absolute atomic E-state index is 13.1. The molecule has 27 heavy (non-hydrogen) atoms. The van der Waals surface area contributed by atoms with Crippen LogP contribution in [0.25, 0.3) is 0 Å². The Balaban J connectivity index is 1.85. The predicted octanol–water partition coefficient (Wildman–Crippen LogP) is 2.26. The van der Waals surface area contributed by atoms with Gasteiger partial charge in [0.15, 0.2) is 0 Å². The Bertz CT molecular complexity index is 900. The van der Waals surface area contributed by atoms with Crippen molar-refractivity contribution in [1.29, 1.82) is 0 Å². The van der Waals surface area contributed by atoms with Crippen LogP contribution in [0, 0.1) is 5.92 Å². The second-order valence-electron chi connectivity index (χ2n) is 6.77. The van der Waals surface area contributed by atoms with Gasteiger partial charge in [-0.2, -0.15) is 0 Å². The summed E-state index contributed by atoms with van der Waals surface area (Å²) < 4.78 is 26.4. The first-order valence-electron chi connectivity index (χ1n) is 9.09. The molecule has 1 aliphatic heterocycles. The van der Waals surface area contributed by atoms with E-state index < -0.39 is 10.0 Å². The summed E-state index contributed by atoms with van der Waals surface area (Å²) in [4.78, 5) is 14.9. The summed E-state index contributed by atoms with van der Waals surface area (Å²) in [7, 11) is -3.46. The van der Waals surface area contributed by atoms with Crippen LogP contribution in [-0.4, -0.2) is 44.6 Å². The summed E-state index contributed by atoms with van der Waals surface area (Å²) in [6.07, 6.45) is 0. The van der Waals surface area contributed by atoms with Gasteiger partial charge in [-0.05, 0) is 37.1 Å². The molecule has 0 radical (unpaired) electrons. The van der Waals surface area contributed by atoms with Gasteiger partial charge < -0.3 is 10.6 Å². The van der Waals surface area contributed by atoms with Crippen molar-refractivity contribution in [2.24, 2.45) is 11.7 Å². The normalized spacial score (nSPS) is 19.9. The first-order valence-corrected chi connectivity index (χ1v) is 10.7. The number of hydrogen-bond donors (Lipinski definition) is 2. The van der Waals surface area contributed by atoms with Gasteiger partial charge in [-0.15, -0.1) is 0 Å². The zero-order chi connectivity index (χ0) is 19.4. The van der Waals surface area contributed by atoms with Gasteiger partial charge in [0.1, 0.15) is 0 Å². The van der Waals surface area contributed by atoms with Crippen molar-refractivity contribution in [3.05, 3.63) is 65.7 Å². The average Bonchev–Trinajstić information content (AvgIpc) is 3.13. The fourth-order valence-electron chi connectivity index (χ4n) is 3.52. The van der Waals surface area contributed by atoms with E-state index in [0.717, 1.165) is 0 Å². The molecule has 2 aromatic carbocycles. The Morgan fingerprint density at radius 1 is 1.11 bits per heavy atom. The predicted molar refractivity (Wildman–Crippen MR) is 107 cm³/mol. The molecule has 1 amide bonds. The highest BCUT2D eigenvalue weighted by atomic mass is 32.2. The highest BCUT2D eigenvalue weighted by molar-refractivity contribution is 7.92. The highest BCUT2D eigenvalue weighted by Gasteiger charge is 2.36. The molecule has 1 saturated heterocycles. The molecule has 1 heterocycles. The quantitative estimate of drug-likeness (QED) is 0.795. The minimum absolute atomic E-state index is 0.0510. The van der Waals surface area contributed by atoms with Crippen molar-refractivity contribution in [2.45, 2.75) is 12.8 Å². The van der Waals surface area contributed by atoms with Crippen LogP contribution in [0.2, 0.25) is 0 Å². The summed E-state index contributed by atoms with van der Waals surface area (Å²) in [5.74, 6) is 0.127. The average molecular weight is 388 g/mol. The number of carbonyl (C=O) groups is 1. The lowest BCUT2D eigenvalue weighted by Gasteiger charge is -2.19. The van der Waals surface area contributed by atoms with Gasteiger partial charge in [0.2, 0.25) is 10.0 Å². The Morgan fingerprint density at radius 3 is 2.44 bits per heavy atom. The van der Waals surface area contributed by atoms with Crippen LogP contribution >= 0.6 is 0 Å². The van der Waals surface area contributed by atoms with E-state index in [1.165, 1.54) is 5.56 Å².